The Morgan fingerprint density at radius 1 is 1.35 bits per heavy atom. The summed E-state index contributed by atoms with van der Waals surface area (Å²) in [5, 5.41) is 10.8. The molecule has 2 amide bonds. The second kappa shape index (κ2) is 8.48. The van der Waals surface area contributed by atoms with Crippen LogP contribution in [0.15, 0.2) is 0 Å². The number of ether oxygens (including phenoxy) is 2. The molecular weight excluding hydrogens is 232 g/mol. The minimum Gasteiger partial charge on any atom is -0.480 e. The van der Waals surface area contributed by atoms with Crippen LogP contribution >= 0.6 is 0 Å². The highest BCUT2D eigenvalue weighted by Gasteiger charge is 2.21. The Balaban J connectivity index is 3.96. The molecule has 0 spiro atoms. The quantitative estimate of drug-likeness (QED) is 0.409. The molecule has 0 aliphatic heterocycles. The number of hydrogen-bond acceptors (Lipinski definition) is 5. The van der Waals surface area contributed by atoms with E-state index in [1.54, 1.807) is 0 Å². The lowest BCUT2D eigenvalue weighted by Crippen LogP contribution is -2.44. The van der Waals surface area contributed by atoms with Crippen LogP contribution in [0.3, 0.4) is 0 Å². The monoisotopic (exact) mass is 248 g/mol. The molecule has 0 radical (unpaired) electrons. The lowest BCUT2D eigenvalue weighted by Gasteiger charge is -2.12. The van der Waals surface area contributed by atoms with E-state index in [1.165, 1.54) is 7.11 Å². The van der Waals surface area contributed by atoms with Gasteiger partial charge >= 0.3 is 5.97 Å². The zero-order valence-electron chi connectivity index (χ0n) is 9.47. The van der Waals surface area contributed by atoms with Crippen LogP contribution in [0.25, 0.3) is 0 Å². The highest BCUT2D eigenvalue weighted by atomic mass is 16.5. The zero-order chi connectivity index (χ0) is 13.3. The van der Waals surface area contributed by atoms with Crippen molar-refractivity contribution < 1.29 is 29.0 Å². The number of carboxylic acid groups (broad SMARTS) is 1. The predicted molar refractivity (Wildman–Crippen MR) is 56.1 cm³/mol. The molecule has 0 saturated heterocycles. The van der Waals surface area contributed by atoms with Crippen LogP contribution in [0.4, 0.5) is 0 Å². The fraction of sp³-hybridized carbons (Fsp3) is 0.667. The highest BCUT2D eigenvalue weighted by molar-refractivity contribution is 5.88. The zero-order valence-corrected chi connectivity index (χ0v) is 9.47. The number of carbonyl (C=O) groups is 3. The third kappa shape index (κ3) is 8.17. The molecule has 0 aliphatic carbocycles. The summed E-state index contributed by atoms with van der Waals surface area (Å²) >= 11 is 0. The number of methoxy groups -OCH3 is 1. The van der Waals surface area contributed by atoms with Crippen LogP contribution in [-0.2, 0) is 23.9 Å². The summed E-state index contributed by atoms with van der Waals surface area (Å²) in [7, 11) is 1.48. The van der Waals surface area contributed by atoms with Crippen LogP contribution in [0.5, 0.6) is 0 Å². The first-order valence-corrected chi connectivity index (χ1v) is 4.84. The second-order valence-electron chi connectivity index (χ2n) is 3.17. The van der Waals surface area contributed by atoms with Gasteiger partial charge in [-0.2, -0.15) is 0 Å². The summed E-state index contributed by atoms with van der Waals surface area (Å²) in [6.07, 6.45) is -0.459. The van der Waals surface area contributed by atoms with E-state index >= 15 is 0 Å². The molecule has 8 nitrogen and oxygen atoms in total. The lowest BCUT2D eigenvalue weighted by atomic mass is 10.2. The second-order valence-corrected chi connectivity index (χ2v) is 3.17. The summed E-state index contributed by atoms with van der Waals surface area (Å²) in [6.45, 7) is 0.250. The molecule has 4 N–H and O–H groups in total. The van der Waals surface area contributed by atoms with E-state index in [4.69, 9.17) is 15.6 Å². The average Bonchev–Trinajstić information content (AvgIpc) is 2.22. The van der Waals surface area contributed by atoms with Crippen molar-refractivity contribution in [1.29, 1.82) is 0 Å². The van der Waals surface area contributed by atoms with Crippen molar-refractivity contribution in [2.45, 2.75) is 12.5 Å². The fourth-order valence-corrected chi connectivity index (χ4v) is 0.944. The maximum absolute atomic E-state index is 11.2. The first kappa shape index (κ1) is 15.3. The molecule has 8 heteroatoms. The molecule has 0 aromatic carbocycles. The smallest absolute Gasteiger partial charge is 0.326 e. The number of carboxylic acids is 1. The highest BCUT2D eigenvalue weighted by Crippen LogP contribution is 1.92. The Kier molecular flexibility index (Phi) is 7.65. The van der Waals surface area contributed by atoms with Crippen molar-refractivity contribution >= 4 is 17.8 Å². The number of rotatable bonds is 9. The molecule has 0 bridgehead atoms. The van der Waals surface area contributed by atoms with E-state index in [0.29, 0.717) is 6.61 Å². The summed E-state index contributed by atoms with van der Waals surface area (Å²) in [6, 6.07) is -1.33. The van der Waals surface area contributed by atoms with Crippen molar-refractivity contribution in [2.24, 2.45) is 5.73 Å². The average molecular weight is 248 g/mol. The third-order valence-electron chi connectivity index (χ3n) is 1.70. The minimum absolute atomic E-state index is 0.220. The van der Waals surface area contributed by atoms with Crippen LogP contribution in [-0.4, -0.2) is 55.9 Å². The van der Waals surface area contributed by atoms with Gasteiger partial charge in [0.15, 0.2) is 0 Å². The molecule has 0 rings (SSSR count). The number of nitrogens with one attached hydrogen (secondary N) is 1. The number of primary amides is 1. The molecule has 0 fully saturated rings. The number of carbonyl (C=O) groups excluding carboxylic acids is 2. The van der Waals surface area contributed by atoms with Gasteiger partial charge in [-0.15, -0.1) is 0 Å². The van der Waals surface area contributed by atoms with E-state index in [9.17, 15) is 14.4 Å². The van der Waals surface area contributed by atoms with Gasteiger partial charge in [-0.25, -0.2) is 4.79 Å². The SMILES string of the molecule is COCCOCC(=O)N[C@@H](CC(N)=O)C(=O)O. The Morgan fingerprint density at radius 3 is 2.47 bits per heavy atom. The minimum atomic E-state index is -1.33. The largest absolute Gasteiger partial charge is 0.480 e. The van der Waals surface area contributed by atoms with E-state index in [1.807, 2.05) is 0 Å². The number of hydrogen-bond donors (Lipinski definition) is 3. The van der Waals surface area contributed by atoms with Gasteiger partial charge in [0.05, 0.1) is 19.6 Å². The molecule has 0 unspecified atom stereocenters. The summed E-state index contributed by atoms with van der Waals surface area (Å²) < 4.78 is 9.56. The Hall–Kier alpha value is -1.67. The van der Waals surface area contributed by atoms with Crippen molar-refractivity contribution in [3.63, 3.8) is 0 Å². The van der Waals surface area contributed by atoms with Crippen LogP contribution < -0.4 is 11.1 Å². The Bertz CT molecular complexity index is 281. The molecule has 17 heavy (non-hydrogen) atoms. The maximum atomic E-state index is 11.2. The van der Waals surface area contributed by atoms with Gasteiger partial charge in [-0.1, -0.05) is 0 Å². The standard InChI is InChI=1S/C9H16N2O6/c1-16-2-3-17-5-8(13)11-6(9(14)15)4-7(10)12/h6H,2-5H2,1H3,(H2,10,12)(H,11,13)(H,14,15)/t6-/m0/s1. The maximum Gasteiger partial charge on any atom is 0.326 e. The van der Waals surface area contributed by atoms with Gasteiger partial charge in [0.25, 0.3) is 0 Å². The van der Waals surface area contributed by atoms with Crippen molar-refractivity contribution in [2.75, 3.05) is 26.9 Å². The first-order valence-electron chi connectivity index (χ1n) is 4.84. The van der Waals surface area contributed by atoms with Gasteiger partial charge < -0.3 is 25.6 Å². The molecule has 98 valence electrons. The van der Waals surface area contributed by atoms with Gasteiger partial charge in [0.1, 0.15) is 12.6 Å². The van der Waals surface area contributed by atoms with Gasteiger partial charge in [-0.3, -0.25) is 9.59 Å². The Labute approximate surface area is 98.1 Å². The summed E-state index contributed by atoms with van der Waals surface area (Å²) in [4.78, 5) is 32.4. The van der Waals surface area contributed by atoms with E-state index in [-0.39, 0.29) is 13.2 Å². The van der Waals surface area contributed by atoms with Gasteiger partial charge in [0, 0.05) is 7.11 Å². The van der Waals surface area contributed by atoms with Gasteiger partial charge in [-0.05, 0) is 0 Å². The topological polar surface area (TPSA) is 128 Å². The molecule has 0 aromatic rings. The van der Waals surface area contributed by atoms with Gasteiger partial charge in [0.2, 0.25) is 11.8 Å². The van der Waals surface area contributed by atoms with Crippen molar-refractivity contribution in [1.82, 2.24) is 5.32 Å². The third-order valence-corrected chi connectivity index (χ3v) is 1.70. The molecule has 1 atom stereocenters. The molecule has 0 heterocycles. The summed E-state index contributed by atoms with van der Waals surface area (Å²) in [5.74, 6) is -2.76. The lowest BCUT2D eigenvalue weighted by molar-refractivity contribution is -0.144. The fourth-order valence-electron chi connectivity index (χ4n) is 0.944. The van der Waals surface area contributed by atoms with Crippen LogP contribution in [0, 0.1) is 0 Å². The predicted octanol–water partition coefficient (Wildman–Crippen LogP) is -1.91. The van der Waals surface area contributed by atoms with Crippen molar-refractivity contribution in [3.05, 3.63) is 0 Å². The molecule has 0 aromatic heterocycles. The molecule has 0 aliphatic rings. The van der Waals surface area contributed by atoms with E-state index in [2.05, 4.69) is 10.1 Å². The van der Waals surface area contributed by atoms with Crippen molar-refractivity contribution in [3.8, 4) is 0 Å². The molecule has 0 saturated carbocycles. The van der Waals surface area contributed by atoms with E-state index < -0.39 is 30.2 Å². The number of amides is 2. The first-order chi connectivity index (χ1) is 7.97. The number of aliphatic carboxylic acids is 1. The summed E-state index contributed by atoms with van der Waals surface area (Å²) in [5.41, 5.74) is 4.85. The van der Waals surface area contributed by atoms with Crippen LogP contribution in [0.1, 0.15) is 6.42 Å². The number of nitrogens with two attached hydrogens (primary N) is 1. The normalized spacial score (nSPS) is 11.8. The Morgan fingerprint density at radius 2 is 2.00 bits per heavy atom. The van der Waals surface area contributed by atoms with E-state index in [0.717, 1.165) is 0 Å². The van der Waals surface area contributed by atoms with Crippen LogP contribution in [0.2, 0.25) is 0 Å². The molecular formula is C9H16N2O6.